The summed E-state index contributed by atoms with van der Waals surface area (Å²) >= 11 is 0. The van der Waals surface area contributed by atoms with E-state index in [9.17, 15) is 19.8 Å². The van der Waals surface area contributed by atoms with Crippen LogP contribution < -0.4 is 0 Å². The monoisotopic (exact) mass is 464 g/mol. The topological polar surface area (TPSA) is 87.1 Å². The molecule has 4 unspecified atom stereocenters. The fourth-order valence-corrected chi connectivity index (χ4v) is 5.47. The van der Waals surface area contributed by atoms with Gasteiger partial charge in [-0.2, -0.15) is 0 Å². The van der Waals surface area contributed by atoms with Crippen molar-refractivity contribution in [3.05, 3.63) is 11.1 Å². The second-order valence-electron chi connectivity index (χ2n) is 11.2. The molecule has 0 aromatic rings. The number of epoxide rings is 1. The van der Waals surface area contributed by atoms with E-state index in [4.69, 9.17) is 4.74 Å². The van der Waals surface area contributed by atoms with Gasteiger partial charge in [-0.3, -0.25) is 9.59 Å². The van der Waals surface area contributed by atoms with E-state index in [1.807, 2.05) is 0 Å². The summed E-state index contributed by atoms with van der Waals surface area (Å²) < 4.78 is 5.78. The highest BCUT2D eigenvalue weighted by molar-refractivity contribution is 5.84. The van der Waals surface area contributed by atoms with Crippen LogP contribution in [0.2, 0.25) is 0 Å². The number of hydrogen-bond donors (Lipinski definition) is 2. The first-order chi connectivity index (χ1) is 15.7. The van der Waals surface area contributed by atoms with Crippen molar-refractivity contribution in [1.82, 2.24) is 0 Å². The van der Waals surface area contributed by atoms with Gasteiger partial charge < -0.3 is 14.9 Å². The Kier molecular flexibility index (Phi) is 11.9. The maximum atomic E-state index is 12.2. The van der Waals surface area contributed by atoms with E-state index in [2.05, 4.69) is 27.7 Å². The van der Waals surface area contributed by atoms with Crippen LogP contribution in [0, 0.1) is 23.7 Å². The number of fused-ring (bicyclic) bond motifs is 1. The van der Waals surface area contributed by atoms with Crippen LogP contribution >= 0.6 is 0 Å². The lowest BCUT2D eigenvalue weighted by Gasteiger charge is -2.28. The molecule has 0 bridgehead atoms. The van der Waals surface area contributed by atoms with Gasteiger partial charge in [0.15, 0.2) is 0 Å². The third kappa shape index (κ3) is 9.07. The number of carboxylic acids is 2. The Morgan fingerprint density at radius 1 is 0.697 bits per heavy atom. The molecule has 1 aliphatic carbocycles. The van der Waals surface area contributed by atoms with Crippen LogP contribution in [0.25, 0.3) is 0 Å². The number of hydrogen-bond acceptors (Lipinski definition) is 3. The smallest absolute Gasteiger partial charge is 0.311 e. The molecule has 4 atom stereocenters. The molecule has 0 amide bonds. The normalized spacial score (nSPS) is 24.4. The third-order valence-electron chi connectivity index (χ3n) is 7.38. The summed E-state index contributed by atoms with van der Waals surface area (Å²) in [6, 6.07) is 0. The van der Waals surface area contributed by atoms with Crippen molar-refractivity contribution in [1.29, 1.82) is 0 Å². The predicted molar refractivity (Wildman–Crippen MR) is 132 cm³/mol. The molecule has 0 radical (unpaired) electrons. The Hall–Kier alpha value is -1.36. The number of carbonyl (C=O) groups is 2. The van der Waals surface area contributed by atoms with Gasteiger partial charge in [-0.25, -0.2) is 0 Å². The fraction of sp³-hybridized carbons (Fsp3) is 0.857. The summed E-state index contributed by atoms with van der Waals surface area (Å²) in [4.78, 5) is 24.1. The number of carboxylic acid groups (broad SMARTS) is 2. The summed E-state index contributed by atoms with van der Waals surface area (Å²) in [5, 5.41) is 19.7. The largest absolute Gasteiger partial charge is 0.481 e. The molecule has 2 aliphatic rings. The van der Waals surface area contributed by atoms with E-state index >= 15 is 0 Å². The van der Waals surface area contributed by atoms with Crippen molar-refractivity contribution in [3.63, 3.8) is 0 Å². The molecule has 2 N–H and O–H groups in total. The lowest BCUT2D eigenvalue weighted by molar-refractivity contribution is -0.153. The van der Waals surface area contributed by atoms with Crippen molar-refractivity contribution in [2.45, 2.75) is 130 Å². The summed E-state index contributed by atoms with van der Waals surface area (Å²) in [7, 11) is 0. The van der Waals surface area contributed by atoms with Crippen LogP contribution in [0.5, 0.6) is 0 Å². The lowest BCUT2D eigenvalue weighted by Crippen LogP contribution is -2.39. The predicted octanol–water partition coefficient (Wildman–Crippen LogP) is 7.24. The van der Waals surface area contributed by atoms with Crippen LogP contribution in [-0.2, 0) is 14.3 Å². The highest BCUT2D eigenvalue weighted by atomic mass is 16.6. The van der Waals surface area contributed by atoms with E-state index < -0.39 is 29.9 Å². The van der Waals surface area contributed by atoms with Crippen molar-refractivity contribution in [3.8, 4) is 0 Å². The Morgan fingerprint density at radius 3 is 1.61 bits per heavy atom. The van der Waals surface area contributed by atoms with Gasteiger partial charge in [-0.15, -0.1) is 0 Å². The maximum Gasteiger partial charge on any atom is 0.311 e. The van der Waals surface area contributed by atoms with Crippen molar-refractivity contribution in [2.24, 2.45) is 23.7 Å². The molecule has 0 aromatic carbocycles. The second kappa shape index (κ2) is 14.1. The molecule has 0 saturated carbocycles. The first-order valence-electron chi connectivity index (χ1n) is 13.6. The molecule has 33 heavy (non-hydrogen) atoms. The zero-order chi connectivity index (χ0) is 24.4. The molecule has 1 heterocycles. The molecule has 190 valence electrons. The molecule has 5 heteroatoms. The minimum Gasteiger partial charge on any atom is -0.481 e. The van der Waals surface area contributed by atoms with Gasteiger partial charge in [-0.1, -0.05) is 97.5 Å². The number of rotatable bonds is 18. The molecule has 1 fully saturated rings. The maximum absolute atomic E-state index is 12.2. The van der Waals surface area contributed by atoms with Crippen LogP contribution in [0.4, 0.5) is 0 Å². The van der Waals surface area contributed by atoms with E-state index in [-0.39, 0.29) is 6.10 Å². The molecule has 2 rings (SSSR count). The first-order valence-corrected chi connectivity index (χ1v) is 13.6. The molecule has 0 aromatic heterocycles. The van der Waals surface area contributed by atoms with E-state index in [1.54, 1.807) is 0 Å². The first kappa shape index (κ1) is 27.9. The Labute approximate surface area is 201 Å². The average molecular weight is 465 g/mol. The van der Waals surface area contributed by atoms with Crippen LogP contribution in [0.1, 0.15) is 118 Å². The molecule has 1 saturated heterocycles. The summed E-state index contributed by atoms with van der Waals surface area (Å²) in [5.41, 5.74) is 1.99. The summed E-state index contributed by atoms with van der Waals surface area (Å²) in [5.74, 6) is -2.43. The van der Waals surface area contributed by atoms with Crippen LogP contribution in [-0.4, -0.2) is 34.4 Å². The minimum absolute atomic E-state index is 0.163. The number of unbranched alkanes of at least 4 members (excludes halogenated alkanes) is 8. The third-order valence-corrected chi connectivity index (χ3v) is 7.38. The Balaban J connectivity index is 1.95. The average Bonchev–Trinajstić information content (AvgIpc) is 3.51. The summed E-state index contributed by atoms with van der Waals surface area (Å²) in [6.45, 7) is 9.03. The zero-order valence-electron chi connectivity index (χ0n) is 21.5. The number of ether oxygens (including phenoxy) is 1. The fourth-order valence-electron chi connectivity index (χ4n) is 5.47. The Morgan fingerprint density at radius 2 is 1.15 bits per heavy atom. The second-order valence-corrected chi connectivity index (χ2v) is 11.2. The Bertz CT molecular complexity index is 651. The van der Waals surface area contributed by atoms with Gasteiger partial charge in [-0.05, 0) is 43.1 Å². The highest BCUT2D eigenvalue weighted by Crippen LogP contribution is 2.50. The van der Waals surface area contributed by atoms with Gasteiger partial charge >= 0.3 is 11.9 Å². The van der Waals surface area contributed by atoms with E-state index in [0.717, 1.165) is 61.5 Å². The molecule has 0 spiro atoms. The minimum atomic E-state index is -1.04. The van der Waals surface area contributed by atoms with Crippen molar-refractivity contribution < 1.29 is 24.5 Å². The van der Waals surface area contributed by atoms with Crippen LogP contribution in [0.15, 0.2) is 11.1 Å². The molecule has 5 nitrogen and oxygen atoms in total. The van der Waals surface area contributed by atoms with Gasteiger partial charge in [0.05, 0.1) is 5.92 Å². The quantitative estimate of drug-likeness (QED) is 0.127. The van der Waals surface area contributed by atoms with Crippen LogP contribution in [0.3, 0.4) is 0 Å². The molecular formula is C28H48O5. The van der Waals surface area contributed by atoms with Gasteiger partial charge in [0, 0.05) is 0 Å². The highest BCUT2D eigenvalue weighted by Gasteiger charge is 2.59. The van der Waals surface area contributed by atoms with Gasteiger partial charge in [0.25, 0.3) is 0 Å². The zero-order valence-corrected chi connectivity index (χ0v) is 21.5. The van der Waals surface area contributed by atoms with Gasteiger partial charge in [0.2, 0.25) is 0 Å². The van der Waals surface area contributed by atoms with Gasteiger partial charge in [0.1, 0.15) is 18.1 Å². The lowest BCUT2D eigenvalue weighted by atomic mass is 9.72. The SMILES string of the molecule is CC(C)CCCCCCCC1=C(CCCCCCCC(C)C)C(C(=O)O)C(C(=O)O)C2OC12. The van der Waals surface area contributed by atoms with Crippen molar-refractivity contribution in [2.75, 3.05) is 0 Å². The summed E-state index contributed by atoms with van der Waals surface area (Å²) in [6.07, 6.45) is 15.0. The molecular weight excluding hydrogens is 416 g/mol. The van der Waals surface area contributed by atoms with E-state index in [0.29, 0.717) is 6.42 Å². The van der Waals surface area contributed by atoms with Crippen molar-refractivity contribution >= 4 is 11.9 Å². The number of aliphatic carboxylic acids is 2. The van der Waals surface area contributed by atoms with E-state index in [1.165, 1.54) is 44.9 Å². The standard InChI is InChI=1S/C28H48O5/c1-19(2)15-11-7-5-9-13-17-21-22(18-14-10-6-8-12-16-20(3)4)25-26(33-25)24(28(31)32)23(21)27(29)30/h19-20,23-26H,5-18H2,1-4H3,(H,29,30)(H,31,32). The molecule has 1 aliphatic heterocycles.